The molecule has 2 aromatic carbocycles. The largest absolute Gasteiger partial charge is 0.399 e. The van der Waals surface area contributed by atoms with Crippen LogP contribution >= 0.6 is 0 Å². The van der Waals surface area contributed by atoms with Crippen molar-refractivity contribution >= 4 is 18.1 Å². The summed E-state index contributed by atoms with van der Waals surface area (Å²) in [5.41, 5.74) is 12.7. The Kier molecular flexibility index (Phi) is 1.83. The molecule has 0 atom stereocenters. The number of nitrogens with zero attached hydrogens (tertiary/aromatic N) is 1. The second-order valence-corrected chi connectivity index (χ2v) is 4.09. The fraction of sp³-hybridized carbons (Fsp3) is 0.0714. The van der Waals surface area contributed by atoms with Gasteiger partial charge in [-0.05, 0) is 59.7 Å². The van der Waals surface area contributed by atoms with Gasteiger partial charge in [-0.3, -0.25) is 4.99 Å². The molecule has 0 amide bonds. The summed E-state index contributed by atoms with van der Waals surface area (Å²) < 4.78 is 0. The van der Waals surface area contributed by atoms with E-state index in [2.05, 4.69) is 36.0 Å². The van der Waals surface area contributed by atoms with Crippen LogP contribution in [0.3, 0.4) is 0 Å². The Balaban J connectivity index is 2.19. The number of rotatable bonds is 1. The zero-order valence-electron chi connectivity index (χ0n) is 8.90. The van der Waals surface area contributed by atoms with E-state index in [0.717, 1.165) is 17.8 Å². The first-order valence-corrected chi connectivity index (χ1v) is 5.26. The highest BCUT2D eigenvalue weighted by Gasteiger charge is 2.18. The average Bonchev–Trinajstić information content (AvgIpc) is 2.64. The topological polar surface area (TPSA) is 38.4 Å². The van der Waals surface area contributed by atoms with Crippen molar-refractivity contribution in [2.45, 2.75) is 6.42 Å². The molecule has 2 heteroatoms. The Labute approximate surface area is 94.4 Å². The Morgan fingerprint density at radius 3 is 2.44 bits per heavy atom. The van der Waals surface area contributed by atoms with Crippen molar-refractivity contribution in [3.63, 3.8) is 0 Å². The number of hydrogen-bond donors (Lipinski definition) is 1. The van der Waals surface area contributed by atoms with Gasteiger partial charge in [0.05, 0.1) is 5.69 Å². The van der Waals surface area contributed by atoms with E-state index < -0.39 is 0 Å². The van der Waals surface area contributed by atoms with Gasteiger partial charge in [0.1, 0.15) is 0 Å². The summed E-state index contributed by atoms with van der Waals surface area (Å²) in [6.45, 7) is 3.55. The van der Waals surface area contributed by atoms with E-state index in [1.807, 2.05) is 12.1 Å². The predicted molar refractivity (Wildman–Crippen MR) is 68.3 cm³/mol. The number of anilines is 1. The zero-order chi connectivity index (χ0) is 11.1. The molecule has 16 heavy (non-hydrogen) atoms. The molecule has 0 heterocycles. The zero-order valence-corrected chi connectivity index (χ0v) is 8.90. The van der Waals surface area contributed by atoms with Gasteiger partial charge in [0.15, 0.2) is 0 Å². The Morgan fingerprint density at radius 2 is 1.69 bits per heavy atom. The Bertz CT molecular complexity index is 585. The van der Waals surface area contributed by atoms with Crippen LogP contribution in [0, 0.1) is 0 Å². The molecule has 2 N–H and O–H groups in total. The predicted octanol–water partition coefficient (Wildman–Crippen LogP) is 3.17. The standard InChI is InChI=1S/C14H12N2/c1-16-12-3-5-14-10(8-12)6-9-7-11(15)2-4-13(9)14/h2-5,7-8H,1,6,15H2. The third-order valence-electron chi connectivity index (χ3n) is 3.07. The number of benzene rings is 2. The number of hydrogen-bond acceptors (Lipinski definition) is 2. The van der Waals surface area contributed by atoms with Gasteiger partial charge in [-0.2, -0.15) is 0 Å². The molecule has 2 aromatic rings. The second kappa shape index (κ2) is 3.20. The maximum absolute atomic E-state index is 5.79. The van der Waals surface area contributed by atoms with Crippen LogP contribution in [0.4, 0.5) is 11.4 Å². The molecule has 0 bridgehead atoms. The second-order valence-electron chi connectivity index (χ2n) is 4.09. The van der Waals surface area contributed by atoms with Crippen molar-refractivity contribution in [1.82, 2.24) is 0 Å². The number of nitrogens with two attached hydrogens (primary N) is 1. The van der Waals surface area contributed by atoms with Crippen molar-refractivity contribution in [3.8, 4) is 11.1 Å². The highest BCUT2D eigenvalue weighted by molar-refractivity contribution is 5.79. The quantitative estimate of drug-likeness (QED) is 0.484. The molecule has 0 aromatic heterocycles. The minimum Gasteiger partial charge on any atom is -0.399 e. The molecular weight excluding hydrogens is 196 g/mol. The molecule has 0 fully saturated rings. The molecule has 0 unspecified atom stereocenters. The van der Waals surface area contributed by atoms with Gasteiger partial charge in [-0.15, -0.1) is 0 Å². The molecule has 0 aliphatic heterocycles. The van der Waals surface area contributed by atoms with Crippen molar-refractivity contribution in [2.24, 2.45) is 4.99 Å². The van der Waals surface area contributed by atoms with E-state index >= 15 is 0 Å². The lowest BCUT2D eigenvalue weighted by atomic mass is 10.1. The van der Waals surface area contributed by atoms with E-state index in [4.69, 9.17) is 5.73 Å². The highest BCUT2D eigenvalue weighted by Crippen LogP contribution is 2.38. The van der Waals surface area contributed by atoms with Gasteiger partial charge in [-0.25, -0.2) is 0 Å². The number of fused-ring (bicyclic) bond motifs is 3. The lowest BCUT2D eigenvalue weighted by Gasteiger charge is -2.01. The monoisotopic (exact) mass is 208 g/mol. The van der Waals surface area contributed by atoms with Crippen LogP contribution in [-0.4, -0.2) is 6.72 Å². The summed E-state index contributed by atoms with van der Waals surface area (Å²) in [7, 11) is 0. The normalized spacial score (nSPS) is 12.0. The molecule has 0 saturated heterocycles. The van der Waals surface area contributed by atoms with Crippen molar-refractivity contribution in [3.05, 3.63) is 47.5 Å². The number of aliphatic imine (C=N–C) groups is 1. The van der Waals surface area contributed by atoms with Crippen LogP contribution in [0.2, 0.25) is 0 Å². The van der Waals surface area contributed by atoms with E-state index in [9.17, 15) is 0 Å². The van der Waals surface area contributed by atoms with Crippen LogP contribution in [0.15, 0.2) is 41.4 Å². The molecule has 78 valence electrons. The first kappa shape index (κ1) is 9.16. The van der Waals surface area contributed by atoms with Crippen LogP contribution in [0.25, 0.3) is 11.1 Å². The third-order valence-corrected chi connectivity index (χ3v) is 3.07. The molecule has 2 nitrogen and oxygen atoms in total. The Hall–Kier alpha value is -2.09. The SMILES string of the molecule is C=Nc1ccc2c(c1)Cc1cc(N)ccc1-2. The van der Waals surface area contributed by atoms with Gasteiger partial charge in [0.25, 0.3) is 0 Å². The first-order valence-electron chi connectivity index (χ1n) is 5.26. The summed E-state index contributed by atoms with van der Waals surface area (Å²) in [5, 5.41) is 0. The van der Waals surface area contributed by atoms with Gasteiger partial charge >= 0.3 is 0 Å². The molecule has 0 spiro atoms. The lowest BCUT2D eigenvalue weighted by molar-refractivity contribution is 1.26. The molecular formula is C14H12N2. The van der Waals surface area contributed by atoms with Crippen LogP contribution in [0.1, 0.15) is 11.1 Å². The summed E-state index contributed by atoms with van der Waals surface area (Å²) in [6, 6.07) is 12.3. The fourth-order valence-corrected chi connectivity index (χ4v) is 2.32. The molecule has 0 radical (unpaired) electrons. The molecule has 1 aliphatic carbocycles. The van der Waals surface area contributed by atoms with Crippen LogP contribution in [0.5, 0.6) is 0 Å². The fourth-order valence-electron chi connectivity index (χ4n) is 2.32. The average molecular weight is 208 g/mol. The van der Waals surface area contributed by atoms with Crippen LogP contribution in [-0.2, 0) is 6.42 Å². The minimum absolute atomic E-state index is 0.827. The molecule has 0 saturated carbocycles. The lowest BCUT2D eigenvalue weighted by Crippen LogP contribution is -1.86. The highest BCUT2D eigenvalue weighted by atomic mass is 14.7. The first-order chi connectivity index (χ1) is 7.78. The van der Waals surface area contributed by atoms with Gasteiger partial charge in [0.2, 0.25) is 0 Å². The summed E-state index contributed by atoms with van der Waals surface area (Å²) in [6.07, 6.45) is 0.944. The smallest absolute Gasteiger partial charge is 0.0625 e. The summed E-state index contributed by atoms with van der Waals surface area (Å²) >= 11 is 0. The van der Waals surface area contributed by atoms with E-state index in [1.165, 1.54) is 22.3 Å². The van der Waals surface area contributed by atoms with Gasteiger partial charge in [-0.1, -0.05) is 12.1 Å². The van der Waals surface area contributed by atoms with E-state index in [1.54, 1.807) is 0 Å². The van der Waals surface area contributed by atoms with Crippen LogP contribution < -0.4 is 5.73 Å². The molecule has 1 aliphatic rings. The Morgan fingerprint density at radius 1 is 1.00 bits per heavy atom. The van der Waals surface area contributed by atoms with E-state index in [0.29, 0.717) is 0 Å². The number of nitrogen functional groups attached to an aromatic ring is 1. The summed E-state index contributed by atoms with van der Waals surface area (Å²) in [5.74, 6) is 0. The van der Waals surface area contributed by atoms with Crippen molar-refractivity contribution in [1.29, 1.82) is 0 Å². The van der Waals surface area contributed by atoms with Crippen molar-refractivity contribution < 1.29 is 0 Å². The maximum atomic E-state index is 5.79. The van der Waals surface area contributed by atoms with E-state index in [-0.39, 0.29) is 0 Å². The minimum atomic E-state index is 0.827. The molecule has 3 rings (SSSR count). The third kappa shape index (κ3) is 1.23. The summed E-state index contributed by atoms with van der Waals surface area (Å²) in [4.78, 5) is 3.95. The van der Waals surface area contributed by atoms with Gasteiger partial charge in [0, 0.05) is 5.69 Å². The van der Waals surface area contributed by atoms with Gasteiger partial charge < -0.3 is 5.73 Å². The van der Waals surface area contributed by atoms with Crippen molar-refractivity contribution in [2.75, 3.05) is 5.73 Å². The maximum Gasteiger partial charge on any atom is 0.0625 e.